The molecule has 1 aromatic carbocycles. The molecule has 3 rings (SSSR count). The largest absolute Gasteiger partial charge is 0.356 e. The lowest BCUT2D eigenvalue weighted by molar-refractivity contribution is -0.135. The van der Waals surface area contributed by atoms with Gasteiger partial charge in [-0.1, -0.05) is 49.6 Å². The van der Waals surface area contributed by atoms with Gasteiger partial charge in [-0.25, -0.2) is 0 Å². The van der Waals surface area contributed by atoms with Crippen LogP contribution in [0.1, 0.15) is 50.5 Å². The highest BCUT2D eigenvalue weighted by molar-refractivity contribution is 5.81. The highest BCUT2D eigenvalue weighted by Crippen LogP contribution is 2.26. The second-order valence-corrected chi connectivity index (χ2v) is 7.84. The maximum Gasteiger partial charge on any atom is 0.225 e. The van der Waals surface area contributed by atoms with Gasteiger partial charge in [0.05, 0.1) is 0 Å². The van der Waals surface area contributed by atoms with E-state index >= 15 is 0 Å². The van der Waals surface area contributed by atoms with Crippen LogP contribution in [-0.4, -0.2) is 49.5 Å². The minimum Gasteiger partial charge on any atom is -0.356 e. The predicted molar refractivity (Wildman–Crippen MR) is 111 cm³/mol. The van der Waals surface area contributed by atoms with Crippen LogP contribution in [0.3, 0.4) is 0 Å². The zero-order valence-corrected chi connectivity index (χ0v) is 16.6. The fourth-order valence-corrected chi connectivity index (χ4v) is 4.22. The molecule has 1 aliphatic heterocycles. The predicted octanol–water partition coefficient (Wildman–Crippen LogP) is 2.97. The van der Waals surface area contributed by atoms with Crippen molar-refractivity contribution in [3.05, 3.63) is 35.9 Å². The van der Waals surface area contributed by atoms with Gasteiger partial charge in [0.2, 0.25) is 5.91 Å². The minimum absolute atomic E-state index is 0.271. The third-order valence-corrected chi connectivity index (χ3v) is 5.80. The second-order valence-electron chi connectivity index (χ2n) is 7.84. The van der Waals surface area contributed by atoms with E-state index < -0.39 is 0 Å². The molecule has 1 aromatic rings. The first-order valence-electron chi connectivity index (χ1n) is 10.6. The average Bonchev–Trinajstić information content (AvgIpc) is 3.19. The number of hydrogen-bond donors (Lipinski definition) is 2. The molecule has 1 heterocycles. The molecule has 1 aliphatic carbocycles. The minimum atomic E-state index is 0.271. The Balaban J connectivity index is 1.36. The summed E-state index contributed by atoms with van der Waals surface area (Å²) in [5.74, 6) is 1.50. The molecule has 0 radical (unpaired) electrons. The van der Waals surface area contributed by atoms with Crippen LogP contribution in [0, 0.1) is 5.92 Å². The highest BCUT2D eigenvalue weighted by atomic mass is 16.2. The Labute approximate surface area is 163 Å². The molecule has 1 amide bonds. The number of guanidine groups is 1. The summed E-state index contributed by atoms with van der Waals surface area (Å²) >= 11 is 0. The average molecular weight is 371 g/mol. The number of carbonyl (C=O) groups excluding carboxylic acids is 1. The van der Waals surface area contributed by atoms with Crippen LogP contribution in [-0.2, 0) is 11.2 Å². The Morgan fingerprint density at radius 1 is 1.15 bits per heavy atom. The Bertz CT molecular complexity index is 610. The van der Waals surface area contributed by atoms with E-state index in [1.807, 2.05) is 7.05 Å². The van der Waals surface area contributed by atoms with Gasteiger partial charge in [-0.15, -0.1) is 0 Å². The first-order chi connectivity index (χ1) is 13.3. The van der Waals surface area contributed by atoms with Gasteiger partial charge in [-0.3, -0.25) is 9.79 Å². The lowest BCUT2D eigenvalue weighted by Crippen LogP contribution is -2.45. The van der Waals surface area contributed by atoms with Crippen molar-refractivity contribution in [2.45, 2.75) is 57.4 Å². The molecular formula is C22H34N4O. The van der Waals surface area contributed by atoms with Crippen LogP contribution in [0.4, 0.5) is 0 Å². The van der Waals surface area contributed by atoms with Crippen LogP contribution in [0.15, 0.2) is 35.3 Å². The standard InChI is InChI=1S/C22H34N4O/c1-23-22(24-15-8-11-18-9-4-2-5-10-18)25-20-14-16-26(17-20)21(27)19-12-6-3-7-13-19/h2,4-5,9-10,19-20H,3,6-8,11-17H2,1H3,(H2,23,24,25). The first kappa shape index (κ1) is 19.7. The summed E-state index contributed by atoms with van der Waals surface area (Å²) in [5.41, 5.74) is 1.37. The van der Waals surface area contributed by atoms with Gasteiger partial charge in [0.25, 0.3) is 0 Å². The summed E-state index contributed by atoms with van der Waals surface area (Å²) < 4.78 is 0. The molecule has 5 heteroatoms. The van der Waals surface area contributed by atoms with Crippen LogP contribution in [0.5, 0.6) is 0 Å². The van der Waals surface area contributed by atoms with E-state index in [0.29, 0.717) is 11.9 Å². The number of benzene rings is 1. The molecule has 1 atom stereocenters. The number of nitrogens with one attached hydrogen (secondary N) is 2. The van der Waals surface area contributed by atoms with E-state index in [2.05, 4.69) is 50.9 Å². The Morgan fingerprint density at radius 2 is 1.93 bits per heavy atom. The van der Waals surface area contributed by atoms with Crippen molar-refractivity contribution in [3.8, 4) is 0 Å². The molecule has 2 aliphatic rings. The van der Waals surface area contributed by atoms with E-state index in [1.54, 1.807) is 0 Å². The van der Waals surface area contributed by atoms with Crippen LogP contribution in [0.2, 0.25) is 0 Å². The van der Waals surface area contributed by atoms with Crippen molar-refractivity contribution in [2.75, 3.05) is 26.7 Å². The summed E-state index contributed by atoms with van der Waals surface area (Å²) in [7, 11) is 1.81. The van der Waals surface area contributed by atoms with E-state index in [1.165, 1.54) is 24.8 Å². The number of likely N-dealkylation sites (tertiary alicyclic amines) is 1. The maximum atomic E-state index is 12.7. The molecule has 0 bridgehead atoms. The quantitative estimate of drug-likeness (QED) is 0.460. The lowest BCUT2D eigenvalue weighted by atomic mass is 9.88. The Hall–Kier alpha value is -2.04. The molecule has 27 heavy (non-hydrogen) atoms. The van der Waals surface area contributed by atoms with Crippen LogP contribution >= 0.6 is 0 Å². The highest BCUT2D eigenvalue weighted by Gasteiger charge is 2.31. The van der Waals surface area contributed by atoms with Crippen molar-refractivity contribution in [3.63, 3.8) is 0 Å². The fourth-order valence-electron chi connectivity index (χ4n) is 4.22. The van der Waals surface area contributed by atoms with Crippen LogP contribution < -0.4 is 10.6 Å². The second kappa shape index (κ2) is 10.3. The first-order valence-corrected chi connectivity index (χ1v) is 10.6. The molecule has 2 N–H and O–H groups in total. The van der Waals surface area contributed by atoms with Gasteiger partial charge < -0.3 is 15.5 Å². The van der Waals surface area contributed by atoms with E-state index in [9.17, 15) is 4.79 Å². The smallest absolute Gasteiger partial charge is 0.225 e. The Kier molecular flexibility index (Phi) is 7.55. The molecule has 148 valence electrons. The van der Waals surface area contributed by atoms with E-state index in [0.717, 1.165) is 57.7 Å². The monoisotopic (exact) mass is 370 g/mol. The number of aliphatic imine (C=N–C) groups is 1. The van der Waals surface area contributed by atoms with Crippen molar-refractivity contribution < 1.29 is 4.79 Å². The van der Waals surface area contributed by atoms with E-state index in [4.69, 9.17) is 0 Å². The van der Waals surface area contributed by atoms with Crippen molar-refractivity contribution in [2.24, 2.45) is 10.9 Å². The summed E-state index contributed by atoms with van der Waals surface area (Å²) in [4.78, 5) is 19.1. The Morgan fingerprint density at radius 3 is 2.67 bits per heavy atom. The van der Waals surface area contributed by atoms with Crippen molar-refractivity contribution in [1.29, 1.82) is 0 Å². The molecule has 0 aromatic heterocycles. The zero-order chi connectivity index (χ0) is 18.9. The van der Waals surface area contributed by atoms with Gasteiger partial charge in [-0.2, -0.15) is 0 Å². The van der Waals surface area contributed by atoms with Crippen molar-refractivity contribution in [1.82, 2.24) is 15.5 Å². The third-order valence-electron chi connectivity index (χ3n) is 5.80. The number of rotatable bonds is 6. The van der Waals surface area contributed by atoms with Gasteiger partial charge >= 0.3 is 0 Å². The molecular weight excluding hydrogens is 336 g/mol. The summed E-state index contributed by atoms with van der Waals surface area (Å²) in [5, 5.41) is 6.91. The lowest BCUT2D eigenvalue weighted by Gasteiger charge is -2.26. The summed E-state index contributed by atoms with van der Waals surface area (Å²) in [6, 6.07) is 10.9. The number of hydrogen-bond acceptors (Lipinski definition) is 2. The number of nitrogens with zero attached hydrogens (tertiary/aromatic N) is 2. The molecule has 5 nitrogen and oxygen atoms in total. The zero-order valence-electron chi connectivity index (χ0n) is 16.6. The number of aryl methyl sites for hydroxylation is 1. The van der Waals surface area contributed by atoms with Gasteiger partial charge in [0.15, 0.2) is 5.96 Å². The SMILES string of the molecule is CN=C(NCCCc1ccccc1)NC1CCN(C(=O)C2CCCCC2)C1. The molecule has 2 fully saturated rings. The molecule has 1 saturated heterocycles. The third kappa shape index (κ3) is 5.98. The normalized spacial score (nSPS) is 21.3. The fraction of sp³-hybridized carbons (Fsp3) is 0.636. The summed E-state index contributed by atoms with van der Waals surface area (Å²) in [6.45, 7) is 2.57. The summed E-state index contributed by atoms with van der Waals surface area (Å²) in [6.07, 6.45) is 9.02. The van der Waals surface area contributed by atoms with Gasteiger partial charge in [0, 0.05) is 38.6 Å². The number of amides is 1. The molecule has 0 spiro atoms. The maximum absolute atomic E-state index is 12.7. The topological polar surface area (TPSA) is 56.7 Å². The van der Waals surface area contributed by atoms with E-state index in [-0.39, 0.29) is 5.92 Å². The number of carbonyl (C=O) groups is 1. The van der Waals surface area contributed by atoms with Crippen molar-refractivity contribution >= 4 is 11.9 Å². The molecule has 1 saturated carbocycles. The molecule has 1 unspecified atom stereocenters. The van der Waals surface area contributed by atoms with Crippen LogP contribution in [0.25, 0.3) is 0 Å². The van der Waals surface area contributed by atoms with Gasteiger partial charge in [0.1, 0.15) is 0 Å². The van der Waals surface area contributed by atoms with Gasteiger partial charge in [-0.05, 0) is 37.7 Å².